The standard InChI is InChI=1S/C30H28N2O3S2/c1-19-25(28(34)35-18-21-9-6-5-7-10-21)26(23-11-8-16-36-23)32-27(33)24(37-29(32)31-19)17-20-12-14-22(15-13-20)30(2,3)4/h5-17,26H,18H2,1-4H3/b24-17-/t26-/m0/s1. The highest BCUT2D eigenvalue weighted by Gasteiger charge is 2.34. The van der Waals surface area contributed by atoms with Crippen LogP contribution < -0.4 is 14.9 Å². The van der Waals surface area contributed by atoms with Crippen LogP contribution in [0.25, 0.3) is 6.08 Å². The first-order chi connectivity index (χ1) is 17.7. The van der Waals surface area contributed by atoms with Gasteiger partial charge >= 0.3 is 5.97 Å². The van der Waals surface area contributed by atoms with E-state index in [0.29, 0.717) is 20.6 Å². The SMILES string of the molecule is CC1=C(C(=O)OCc2ccccc2)[C@H](c2cccs2)n2c(s/c(=C\c3ccc(C(C)(C)C)cc3)c2=O)=N1. The maximum absolute atomic E-state index is 13.7. The molecular formula is C30H28N2O3S2. The zero-order chi connectivity index (χ0) is 26.2. The Morgan fingerprint density at radius 1 is 1.05 bits per heavy atom. The lowest BCUT2D eigenvalue weighted by Crippen LogP contribution is -2.39. The molecule has 0 amide bonds. The minimum Gasteiger partial charge on any atom is -0.457 e. The third-order valence-corrected chi connectivity index (χ3v) is 8.25. The number of esters is 1. The fourth-order valence-corrected chi connectivity index (χ4v) is 6.20. The molecule has 0 aliphatic carbocycles. The number of nitrogens with zero attached hydrogens (tertiary/aromatic N) is 2. The number of carbonyl (C=O) groups is 1. The Morgan fingerprint density at radius 2 is 1.78 bits per heavy atom. The van der Waals surface area contributed by atoms with Crippen LogP contribution in [0.4, 0.5) is 0 Å². The number of hydrogen-bond acceptors (Lipinski definition) is 6. The van der Waals surface area contributed by atoms with Crippen molar-refractivity contribution in [3.8, 4) is 0 Å². The van der Waals surface area contributed by atoms with E-state index in [-0.39, 0.29) is 17.6 Å². The van der Waals surface area contributed by atoms with Gasteiger partial charge in [-0.15, -0.1) is 11.3 Å². The molecule has 0 N–H and O–H groups in total. The molecule has 2 aromatic heterocycles. The Morgan fingerprint density at radius 3 is 2.43 bits per heavy atom. The van der Waals surface area contributed by atoms with Crippen molar-refractivity contribution in [3.05, 3.63) is 125 Å². The van der Waals surface area contributed by atoms with Crippen LogP contribution in [-0.2, 0) is 21.6 Å². The molecular weight excluding hydrogens is 500 g/mol. The number of ether oxygens (including phenoxy) is 1. The number of aromatic nitrogens is 1. The van der Waals surface area contributed by atoms with E-state index in [1.54, 1.807) is 4.57 Å². The predicted octanol–water partition coefficient (Wildman–Crippen LogP) is 5.34. The molecule has 3 heterocycles. The number of hydrogen-bond donors (Lipinski definition) is 0. The maximum atomic E-state index is 13.7. The summed E-state index contributed by atoms with van der Waals surface area (Å²) in [6.07, 6.45) is 1.90. The number of benzene rings is 2. The van der Waals surface area contributed by atoms with E-state index in [0.717, 1.165) is 16.0 Å². The van der Waals surface area contributed by atoms with Gasteiger partial charge in [-0.25, -0.2) is 9.79 Å². The molecule has 7 heteroatoms. The van der Waals surface area contributed by atoms with Gasteiger partial charge in [-0.1, -0.05) is 92.8 Å². The molecule has 0 fully saturated rings. The Balaban J connectivity index is 1.55. The number of allylic oxidation sites excluding steroid dienone is 1. The van der Waals surface area contributed by atoms with Crippen molar-refractivity contribution in [1.29, 1.82) is 0 Å². The lowest BCUT2D eigenvalue weighted by molar-refractivity contribution is -0.140. The van der Waals surface area contributed by atoms with Crippen molar-refractivity contribution in [3.63, 3.8) is 0 Å². The van der Waals surface area contributed by atoms with Gasteiger partial charge in [0.25, 0.3) is 5.56 Å². The topological polar surface area (TPSA) is 60.7 Å². The van der Waals surface area contributed by atoms with Gasteiger partial charge < -0.3 is 4.74 Å². The molecule has 5 nitrogen and oxygen atoms in total. The molecule has 1 atom stereocenters. The zero-order valence-corrected chi connectivity index (χ0v) is 22.9. The average molecular weight is 529 g/mol. The Labute approximate surface area is 223 Å². The first-order valence-corrected chi connectivity index (χ1v) is 13.8. The number of thiophene rings is 1. The van der Waals surface area contributed by atoms with Crippen LogP contribution >= 0.6 is 22.7 Å². The Kier molecular flexibility index (Phi) is 6.84. The monoisotopic (exact) mass is 528 g/mol. The molecule has 0 unspecified atom stereocenters. The Hall–Kier alpha value is -3.55. The summed E-state index contributed by atoms with van der Waals surface area (Å²) in [5.41, 5.74) is 3.94. The van der Waals surface area contributed by atoms with Crippen molar-refractivity contribution < 1.29 is 9.53 Å². The van der Waals surface area contributed by atoms with Crippen LogP contribution in [0.2, 0.25) is 0 Å². The van der Waals surface area contributed by atoms with E-state index in [2.05, 4.69) is 37.9 Å². The summed E-state index contributed by atoms with van der Waals surface area (Å²) in [6.45, 7) is 8.49. The highest BCUT2D eigenvalue weighted by molar-refractivity contribution is 7.10. The number of rotatable bonds is 5. The molecule has 5 rings (SSSR count). The van der Waals surface area contributed by atoms with Crippen molar-refractivity contribution in [2.45, 2.75) is 45.8 Å². The summed E-state index contributed by atoms with van der Waals surface area (Å²) < 4.78 is 7.91. The van der Waals surface area contributed by atoms with E-state index in [1.165, 1.54) is 28.2 Å². The van der Waals surface area contributed by atoms with E-state index in [1.807, 2.05) is 73.0 Å². The predicted molar refractivity (Wildman–Crippen MR) is 149 cm³/mol. The van der Waals surface area contributed by atoms with Gasteiger partial charge in [-0.05, 0) is 46.6 Å². The molecule has 1 aliphatic heterocycles. The summed E-state index contributed by atoms with van der Waals surface area (Å²) >= 11 is 2.85. The molecule has 0 spiro atoms. The van der Waals surface area contributed by atoms with Crippen molar-refractivity contribution in [1.82, 2.24) is 4.57 Å². The number of carbonyl (C=O) groups excluding carboxylic acids is 1. The van der Waals surface area contributed by atoms with Crippen LogP contribution in [0, 0.1) is 0 Å². The minimum atomic E-state index is -0.579. The van der Waals surface area contributed by atoms with Crippen LogP contribution in [-0.4, -0.2) is 10.5 Å². The van der Waals surface area contributed by atoms with Gasteiger partial charge in [0.2, 0.25) is 0 Å². The highest BCUT2D eigenvalue weighted by Crippen LogP contribution is 2.33. The van der Waals surface area contributed by atoms with Crippen molar-refractivity contribution in [2.24, 2.45) is 4.99 Å². The molecule has 0 saturated heterocycles. The second-order valence-electron chi connectivity index (χ2n) is 10.0. The lowest BCUT2D eigenvalue weighted by atomic mass is 9.87. The van der Waals surface area contributed by atoms with Gasteiger partial charge in [-0.2, -0.15) is 0 Å². The second kappa shape index (κ2) is 10.1. The van der Waals surface area contributed by atoms with Crippen LogP contribution in [0.15, 0.2) is 93.2 Å². The van der Waals surface area contributed by atoms with Gasteiger partial charge in [0.1, 0.15) is 12.6 Å². The third kappa shape index (κ3) is 5.15. The van der Waals surface area contributed by atoms with Crippen LogP contribution in [0.3, 0.4) is 0 Å². The quantitative estimate of drug-likeness (QED) is 0.329. The molecule has 4 aromatic rings. The van der Waals surface area contributed by atoms with Gasteiger partial charge in [0, 0.05) is 4.88 Å². The maximum Gasteiger partial charge on any atom is 0.338 e. The van der Waals surface area contributed by atoms with Crippen molar-refractivity contribution >= 4 is 34.7 Å². The molecule has 2 aromatic carbocycles. The van der Waals surface area contributed by atoms with Gasteiger partial charge in [0.05, 0.1) is 15.8 Å². The van der Waals surface area contributed by atoms with Crippen molar-refractivity contribution in [2.75, 3.05) is 0 Å². The van der Waals surface area contributed by atoms with E-state index < -0.39 is 12.0 Å². The molecule has 1 aliphatic rings. The molecule has 188 valence electrons. The van der Waals surface area contributed by atoms with E-state index >= 15 is 0 Å². The fourth-order valence-electron chi connectivity index (χ4n) is 4.33. The molecule has 0 saturated carbocycles. The summed E-state index contributed by atoms with van der Waals surface area (Å²) in [5, 5.41) is 1.95. The number of fused-ring (bicyclic) bond motifs is 1. The second-order valence-corrected chi connectivity index (χ2v) is 12.0. The van der Waals surface area contributed by atoms with Crippen LogP contribution in [0.1, 0.15) is 55.3 Å². The molecule has 0 bridgehead atoms. The minimum absolute atomic E-state index is 0.0572. The zero-order valence-electron chi connectivity index (χ0n) is 21.2. The third-order valence-electron chi connectivity index (χ3n) is 6.34. The fraction of sp³-hybridized carbons (Fsp3) is 0.233. The van der Waals surface area contributed by atoms with Crippen LogP contribution in [0.5, 0.6) is 0 Å². The number of thiazole rings is 1. The summed E-state index contributed by atoms with van der Waals surface area (Å²) in [7, 11) is 0. The van der Waals surface area contributed by atoms with Gasteiger partial charge in [-0.3, -0.25) is 9.36 Å². The summed E-state index contributed by atoms with van der Waals surface area (Å²) in [4.78, 5) is 33.2. The summed E-state index contributed by atoms with van der Waals surface area (Å²) in [6, 6.07) is 21.1. The van der Waals surface area contributed by atoms with E-state index in [4.69, 9.17) is 4.74 Å². The van der Waals surface area contributed by atoms with Gasteiger partial charge in [0.15, 0.2) is 4.80 Å². The lowest BCUT2D eigenvalue weighted by Gasteiger charge is -2.23. The highest BCUT2D eigenvalue weighted by atomic mass is 32.1. The molecule has 37 heavy (non-hydrogen) atoms. The smallest absolute Gasteiger partial charge is 0.338 e. The first-order valence-electron chi connectivity index (χ1n) is 12.1. The van der Waals surface area contributed by atoms with E-state index in [9.17, 15) is 9.59 Å². The first kappa shape index (κ1) is 25.1. The largest absolute Gasteiger partial charge is 0.457 e. The normalized spacial score (nSPS) is 15.9. The average Bonchev–Trinajstić information content (AvgIpc) is 3.51. The molecule has 0 radical (unpaired) electrons. The Bertz CT molecular complexity index is 1640. The summed E-state index contributed by atoms with van der Waals surface area (Å²) in [5.74, 6) is -0.462.